The number of nitrogens with zero attached hydrogens (tertiary/aromatic N) is 1. The van der Waals surface area contributed by atoms with Gasteiger partial charge in [0, 0.05) is 32.4 Å². The molecule has 37 heavy (non-hydrogen) atoms. The molecule has 5 nitrogen and oxygen atoms in total. The molecular weight excluding hydrogens is 516 g/mol. The van der Waals surface area contributed by atoms with Gasteiger partial charge < -0.3 is 9.84 Å². The van der Waals surface area contributed by atoms with Gasteiger partial charge in [-0.15, -0.1) is 0 Å². The van der Waals surface area contributed by atoms with Crippen LogP contribution < -0.4 is 9.64 Å². The Balaban J connectivity index is 1.98. The van der Waals surface area contributed by atoms with Crippen LogP contribution in [0.2, 0.25) is 10.0 Å². The van der Waals surface area contributed by atoms with Gasteiger partial charge in [0.15, 0.2) is 0 Å². The molecule has 1 aliphatic heterocycles. The summed E-state index contributed by atoms with van der Waals surface area (Å²) >= 11 is 12.4. The highest BCUT2D eigenvalue weighted by Crippen LogP contribution is 2.44. The Bertz CT molecular complexity index is 1410. The smallest absolute Gasteiger partial charge is 0.300 e. The molecule has 4 rings (SSSR count). The maximum absolute atomic E-state index is 15.1. The number of aliphatic hydroxyl groups is 1. The summed E-state index contributed by atoms with van der Waals surface area (Å²) in [5, 5.41) is 11.9. The third-order valence-corrected chi connectivity index (χ3v) is 6.57. The van der Waals surface area contributed by atoms with Gasteiger partial charge in [-0.2, -0.15) is 0 Å². The summed E-state index contributed by atoms with van der Waals surface area (Å²) in [6.45, 7) is 8.31. The molecule has 8 heteroatoms. The molecule has 1 heterocycles. The second kappa shape index (κ2) is 10.2. The van der Waals surface area contributed by atoms with E-state index in [-0.39, 0.29) is 32.3 Å². The van der Waals surface area contributed by atoms with Crippen molar-refractivity contribution < 1.29 is 23.8 Å². The van der Waals surface area contributed by atoms with E-state index in [4.69, 9.17) is 27.9 Å². The van der Waals surface area contributed by atoms with Crippen LogP contribution in [0.25, 0.3) is 5.76 Å². The lowest BCUT2D eigenvalue weighted by atomic mass is 9.84. The van der Waals surface area contributed by atoms with Crippen LogP contribution in [0.1, 0.15) is 50.4 Å². The molecule has 1 atom stereocenters. The summed E-state index contributed by atoms with van der Waals surface area (Å²) in [6.07, 6.45) is 0. The largest absolute Gasteiger partial charge is 0.507 e. The minimum Gasteiger partial charge on any atom is -0.507 e. The number of benzene rings is 3. The van der Waals surface area contributed by atoms with Crippen LogP contribution in [0.3, 0.4) is 0 Å². The van der Waals surface area contributed by atoms with Crippen LogP contribution in [-0.4, -0.2) is 23.4 Å². The van der Waals surface area contributed by atoms with Gasteiger partial charge in [0.1, 0.15) is 17.3 Å². The molecule has 1 unspecified atom stereocenters. The first-order valence-electron chi connectivity index (χ1n) is 11.7. The quantitative estimate of drug-likeness (QED) is 0.207. The van der Waals surface area contributed by atoms with Crippen molar-refractivity contribution in [2.45, 2.75) is 39.2 Å². The molecule has 0 aliphatic carbocycles. The van der Waals surface area contributed by atoms with Gasteiger partial charge in [0.2, 0.25) is 0 Å². The standard InChI is InChI=1S/C29H26Cl2FNO4/c1-5-37-23-11-10-16(12-21(23)29(2,3)4)26(34)24-25(20-8-6-7-9-22(20)32)33(28(36)27(24)35)19-14-17(30)13-18(31)15-19/h6-15,25,34H,5H2,1-4H3/b26-24+. The molecule has 1 fully saturated rings. The molecular formula is C29H26Cl2FNO4. The fraction of sp³-hybridized carbons (Fsp3) is 0.241. The number of hydrogen-bond acceptors (Lipinski definition) is 4. The highest BCUT2D eigenvalue weighted by molar-refractivity contribution is 6.52. The Labute approximate surface area is 225 Å². The van der Waals surface area contributed by atoms with E-state index < -0.39 is 29.3 Å². The van der Waals surface area contributed by atoms with E-state index >= 15 is 4.39 Å². The maximum Gasteiger partial charge on any atom is 0.300 e. The minimum absolute atomic E-state index is 0.0429. The number of ether oxygens (including phenoxy) is 1. The lowest BCUT2D eigenvalue weighted by Crippen LogP contribution is -2.29. The van der Waals surface area contributed by atoms with Gasteiger partial charge >= 0.3 is 0 Å². The number of carbonyl (C=O) groups excluding carboxylic acids is 2. The average molecular weight is 542 g/mol. The van der Waals surface area contributed by atoms with Crippen molar-refractivity contribution in [1.29, 1.82) is 0 Å². The maximum atomic E-state index is 15.1. The Morgan fingerprint density at radius 2 is 1.68 bits per heavy atom. The van der Waals surface area contributed by atoms with Gasteiger partial charge in [-0.1, -0.05) is 62.2 Å². The second-order valence-electron chi connectivity index (χ2n) is 9.71. The molecule has 0 saturated carbocycles. The van der Waals surface area contributed by atoms with E-state index in [1.165, 1.54) is 36.4 Å². The zero-order valence-electron chi connectivity index (χ0n) is 20.8. The molecule has 1 aliphatic rings. The first kappa shape index (κ1) is 26.7. The van der Waals surface area contributed by atoms with Crippen molar-refractivity contribution >= 4 is 46.3 Å². The zero-order chi connectivity index (χ0) is 27.1. The van der Waals surface area contributed by atoms with Crippen LogP contribution in [0.4, 0.5) is 10.1 Å². The summed E-state index contributed by atoms with van der Waals surface area (Å²) in [6, 6.07) is 14.0. The van der Waals surface area contributed by atoms with E-state index in [2.05, 4.69) is 0 Å². The minimum atomic E-state index is -1.25. The molecule has 0 radical (unpaired) electrons. The van der Waals surface area contributed by atoms with Crippen molar-refractivity contribution in [2.24, 2.45) is 0 Å². The van der Waals surface area contributed by atoms with Crippen molar-refractivity contribution in [3.63, 3.8) is 0 Å². The van der Waals surface area contributed by atoms with Gasteiger partial charge in [-0.25, -0.2) is 4.39 Å². The summed E-state index contributed by atoms with van der Waals surface area (Å²) in [5.74, 6) is -2.30. The van der Waals surface area contributed by atoms with Gasteiger partial charge in [-0.05, 0) is 54.8 Å². The van der Waals surface area contributed by atoms with E-state index in [0.29, 0.717) is 17.9 Å². The molecule has 192 valence electrons. The summed E-state index contributed by atoms with van der Waals surface area (Å²) in [5.41, 5.74) is 0.759. The normalized spacial score (nSPS) is 17.4. The topological polar surface area (TPSA) is 66.8 Å². The van der Waals surface area contributed by atoms with Crippen LogP contribution in [-0.2, 0) is 15.0 Å². The highest BCUT2D eigenvalue weighted by atomic mass is 35.5. The molecule has 0 aromatic heterocycles. The molecule has 1 saturated heterocycles. The van der Waals surface area contributed by atoms with E-state index in [0.717, 1.165) is 10.5 Å². The molecule has 0 spiro atoms. The number of ketones is 1. The second-order valence-corrected chi connectivity index (χ2v) is 10.6. The fourth-order valence-corrected chi connectivity index (χ4v) is 4.98. The first-order valence-corrected chi connectivity index (χ1v) is 12.5. The predicted octanol–water partition coefficient (Wildman–Crippen LogP) is 7.46. The number of halogens is 3. The van der Waals surface area contributed by atoms with Crippen LogP contribution >= 0.6 is 23.2 Å². The van der Waals surface area contributed by atoms with Crippen molar-refractivity contribution in [3.05, 3.63) is 98.8 Å². The molecule has 0 bridgehead atoms. The number of carbonyl (C=O) groups is 2. The van der Waals surface area contributed by atoms with Crippen molar-refractivity contribution in [1.82, 2.24) is 0 Å². The lowest BCUT2D eigenvalue weighted by Gasteiger charge is -2.26. The highest BCUT2D eigenvalue weighted by Gasteiger charge is 2.48. The molecule has 3 aromatic carbocycles. The Morgan fingerprint density at radius 1 is 1.03 bits per heavy atom. The molecule has 1 N–H and O–H groups in total. The number of hydrogen-bond donors (Lipinski definition) is 1. The van der Waals surface area contributed by atoms with Gasteiger partial charge in [0.25, 0.3) is 11.7 Å². The summed E-state index contributed by atoms with van der Waals surface area (Å²) < 4.78 is 20.9. The van der Waals surface area contributed by atoms with Crippen LogP contribution in [0.15, 0.2) is 66.2 Å². The van der Waals surface area contributed by atoms with Gasteiger partial charge in [-0.3, -0.25) is 14.5 Å². The zero-order valence-corrected chi connectivity index (χ0v) is 22.3. The van der Waals surface area contributed by atoms with Gasteiger partial charge in [0.05, 0.1) is 18.2 Å². The third-order valence-electron chi connectivity index (χ3n) is 6.13. The van der Waals surface area contributed by atoms with Crippen molar-refractivity contribution in [2.75, 3.05) is 11.5 Å². The lowest BCUT2D eigenvalue weighted by molar-refractivity contribution is -0.132. The number of aliphatic hydroxyl groups excluding tert-OH is 1. The fourth-order valence-electron chi connectivity index (χ4n) is 4.47. The van der Waals surface area contributed by atoms with E-state index in [1.54, 1.807) is 24.3 Å². The van der Waals surface area contributed by atoms with E-state index in [1.807, 2.05) is 27.7 Å². The number of rotatable bonds is 5. The summed E-state index contributed by atoms with van der Waals surface area (Å²) in [7, 11) is 0. The van der Waals surface area contributed by atoms with Crippen molar-refractivity contribution in [3.8, 4) is 5.75 Å². The first-order chi connectivity index (χ1) is 17.4. The predicted molar refractivity (Wildman–Crippen MR) is 144 cm³/mol. The number of anilines is 1. The average Bonchev–Trinajstić information content (AvgIpc) is 3.08. The Kier molecular flexibility index (Phi) is 7.36. The third kappa shape index (κ3) is 5.09. The van der Waals surface area contributed by atoms with E-state index in [9.17, 15) is 14.7 Å². The molecule has 3 aromatic rings. The monoisotopic (exact) mass is 541 g/mol. The Hall–Kier alpha value is -3.35. The molecule has 1 amide bonds. The summed E-state index contributed by atoms with van der Waals surface area (Å²) in [4.78, 5) is 27.8. The number of Topliss-reactive ketones (excluding diaryl/α,β-unsaturated/α-hetero) is 1. The van der Waals surface area contributed by atoms with Crippen LogP contribution in [0.5, 0.6) is 5.75 Å². The van der Waals surface area contributed by atoms with Crippen LogP contribution in [0, 0.1) is 5.82 Å². The number of amides is 1. The SMILES string of the molecule is CCOc1ccc(/C(O)=C2\C(=O)C(=O)N(c3cc(Cl)cc(Cl)c3)C2c2ccccc2F)cc1C(C)(C)C. The Morgan fingerprint density at radius 3 is 2.27 bits per heavy atom.